The minimum atomic E-state index is -0.715. The Morgan fingerprint density at radius 2 is 2.14 bits per heavy atom. The molecule has 2 rings (SSSR count). The van der Waals surface area contributed by atoms with Crippen LogP contribution in [0.15, 0.2) is 30.3 Å². The normalized spacial score (nSPS) is 17.6. The molecule has 0 radical (unpaired) electrons. The van der Waals surface area contributed by atoms with Crippen LogP contribution in [0.2, 0.25) is 0 Å². The summed E-state index contributed by atoms with van der Waals surface area (Å²) in [6.45, 7) is 2.21. The first-order valence-electron chi connectivity index (χ1n) is 7.35. The third kappa shape index (κ3) is 4.33. The summed E-state index contributed by atoms with van der Waals surface area (Å²) in [5.41, 5.74) is 1.10. The monoisotopic (exact) mass is 289 g/mol. The van der Waals surface area contributed by atoms with Crippen molar-refractivity contribution in [3.63, 3.8) is 0 Å². The number of benzene rings is 1. The molecule has 0 aromatic heterocycles. The van der Waals surface area contributed by atoms with Crippen LogP contribution >= 0.6 is 0 Å². The van der Waals surface area contributed by atoms with Crippen LogP contribution in [0.3, 0.4) is 0 Å². The summed E-state index contributed by atoms with van der Waals surface area (Å²) in [7, 11) is 1.62. The summed E-state index contributed by atoms with van der Waals surface area (Å²) < 4.78 is 5.18. The zero-order valence-corrected chi connectivity index (χ0v) is 12.7. The van der Waals surface area contributed by atoms with Crippen molar-refractivity contribution in [2.45, 2.75) is 38.2 Å². The van der Waals surface area contributed by atoms with Crippen molar-refractivity contribution in [1.82, 2.24) is 5.32 Å². The fourth-order valence-corrected chi connectivity index (χ4v) is 2.66. The van der Waals surface area contributed by atoms with E-state index in [1.165, 1.54) is 0 Å². The van der Waals surface area contributed by atoms with E-state index in [0.717, 1.165) is 42.6 Å². The first-order chi connectivity index (χ1) is 10.0. The van der Waals surface area contributed by atoms with Crippen molar-refractivity contribution in [3.8, 4) is 5.75 Å². The van der Waals surface area contributed by atoms with Crippen molar-refractivity contribution in [2.24, 2.45) is 0 Å². The van der Waals surface area contributed by atoms with Crippen molar-refractivity contribution in [2.75, 3.05) is 13.7 Å². The molecule has 1 aliphatic rings. The average molecular weight is 289 g/mol. The minimum Gasteiger partial charge on any atom is -0.497 e. The van der Waals surface area contributed by atoms with Crippen molar-refractivity contribution in [1.29, 1.82) is 0 Å². The lowest BCUT2D eigenvalue weighted by Gasteiger charge is -2.21. The van der Waals surface area contributed by atoms with Crippen LogP contribution in [0.4, 0.5) is 0 Å². The Hall–Kier alpha value is -1.81. The Bertz CT molecular complexity index is 531. The first-order valence-corrected chi connectivity index (χ1v) is 7.35. The third-order valence-corrected chi connectivity index (χ3v) is 4.00. The smallest absolute Gasteiger partial charge is 0.244 e. The van der Waals surface area contributed by atoms with Gasteiger partial charge in [-0.2, -0.15) is 0 Å². The lowest BCUT2D eigenvalue weighted by molar-refractivity contribution is -0.117. The molecule has 0 aliphatic heterocycles. The largest absolute Gasteiger partial charge is 0.497 e. The number of carbonyl (C=O) groups is 1. The SMILES string of the molecule is COc1cccc(/C(C)=C/C(=O)NCC2(O)CCCC2)c1. The molecule has 114 valence electrons. The predicted molar refractivity (Wildman–Crippen MR) is 83.1 cm³/mol. The van der Waals surface area contributed by atoms with Gasteiger partial charge in [0, 0.05) is 12.6 Å². The number of methoxy groups -OCH3 is 1. The summed E-state index contributed by atoms with van der Waals surface area (Å²) in [5.74, 6) is 0.594. The molecule has 1 aliphatic carbocycles. The van der Waals surface area contributed by atoms with Gasteiger partial charge in [-0.05, 0) is 43.0 Å². The minimum absolute atomic E-state index is 0.171. The molecular weight excluding hydrogens is 266 g/mol. The number of hydrogen-bond acceptors (Lipinski definition) is 3. The summed E-state index contributed by atoms with van der Waals surface area (Å²) in [6, 6.07) is 7.59. The zero-order chi connectivity index (χ0) is 15.3. The Labute approximate surface area is 125 Å². The molecule has 1 aromatic rings. The van der Waals surface area contributed by atoms with Gasteiger partial charge in [-0.3, -0.25) is 4.79 Å². The maximum atomic E-state index is 12.0. The Morgan fingerprint density at radius 1 is 1.43 bits per heavy atom. The summed E-state index contributed by atoms with van der Waals surface area (Å²) in [4.78, 5) is 12.0. The molecular formula is C17H23NO3. The second-order valence-corrected chi connectivity index (χ2v) is 5.71. The second kappa shape index (κ2) is 6.76. The van der Waals surface area contributed by atoms with Crippen molar-refractivity contribution >= 4 is 11.5 Å². The van der Waals surface area contributed by atoms with Crippen molar-refractivity contribution in [3.05, 3.63) is 35.9 Å². The van der Waals surface area contributed by atoms with Gasteiger partial charge in [-0.15, -0.1) is 0 Å². The van der Waals surface area contributed by atoms with Gasteiger partial charge in [-0.1, -0.05) is 25.0 Å². The molecule has 1 fully saturated rings. The van der Waals surface area contributed by atoms with Crippen LogP contribution in [0.25, 0.3) is 5.57 Å². The van der Waals surface area contributed by atoms with Gasteiger partial charge in [0.1, 0.15) is 5.75 Å². The molecule has 0 atom stereocenters. The highest BCUT2D eigenvalue weighted by Crippen LogP contribution is 2.28. The van der Waals surface area contributed by atoms with Crippen LogP contribution in [0.1, 0.15) is 38.2 Å². The van der Waals surface area contributed by atoms with Crippen molar-refractivity contribution < 1.29 is 14.6 Å². The van der Waals surface area contributed by atoms with Crippen LogP contribution < -0.4 is 10.1 Å². The molecule has 21 heavy (non-hydrogen) atoms. The molecule has 1 saturated carbocycles. The molecule has 0 heterocycles. The molecule has 0 unspecified atom stereocenters. The summed E-state index contributed by atoms with van der Waals surface area (Å²) in [6.07, 6.45) is 5.17. The summed E-state index contributed by atoms with van der Waals surface area (Å²) in [5, 5.41) is 13.0. The predicted octanol–water partition coefficient (Wildman–Crippen LogP) is 2.52. The molecule has 0 bridgehead atoms. The van der Waals surface area contributed by atoms with Crippen LogP contribution in [-0.4, -0.2) is 30.3 Å². The number of allylic oxidation sites excluding steroid dienone is 1. The lowest BCUT2D eigenvalue weighted by atomic mass is 10.0. The molecule has 2 N–H and O–H groups in total. The van der Waals surface area contributed by atoms with Gasteiger partial charge < -0.3 is 15.2 Å². The molecule has 0 saturated heterocycles. The average Bonchev–Trinajstić information content (AvgIpc) is 2.92. The fourth-order valence-electron chi connectivity index (χ4n) is 2.66. The van der Waals surface area contributed by atoms with E-state index in [-0.39, 0.29) is 5.91 Å². The van der Waals surface area contributed by atoms with E-state index in [1.807, 2.05) is 31.2 Å². The van der Waals surface area contributed by atoms with Crippen LogP contribution in [-0.2, 0) is 4.79 Å². The second-order valence-electron chi connectivity index (χ2n) is 5.71. The Kier molecular flexibility index (Phi) is 5.02. The standard InChI is InChI=1S/C17H23NO3/c1-13(14-6-5-7-15(11-14)21-2)10-16(19)18-12-17(20)8-3-4-9-17/h5-7,10-11,20H,3-4,8-9,12H2,1-2H3,(H,18,19)/b13-10+. The van der Waals surface area contributed by atoms with Gasteiger partial charge in [0.25, 0.3) is 0 Å². The van der Waals surface area contributed by atoms with E-state index in [4.69, 9.17) is 4.74 Å². The van der Waals surface area contributed by atoms with E-state index >= 15 is 0 Å². The van der Waals surface area contributed by atoms with E-state index < -0.39 is 5.60 Å². The highest BCUT2D eigenvalue weighted by atomic mass is 16.5. The number of hydrogen-bond donors (Lipinski definition) is 2. The number of rotatable bonds is 5. The first kappa shape index (κ1) is 15.6. The maximum absolute atomic E-state index is 12.0. The zero-order valence-electron chi connectivity index (χ0n) is 12.7. The van der Waals surface area contributed by atoms with Gasteiger partial charge in [-0.25, -0.2) is 0 Å². The summed E-state index contributed by atoms with van der Waals surface area (Å²) >= 11 is 0. The fraction of sp³-hybridized carbons (Fsp3) is 0.471. The van der Waals surface area contributed by atoms with E-state index in [2.05, 4.69) is 5.32 Å². The van der Waals surface area contributed by atoms with Crippen LogP contribution in [0, 0.1) is 0 Å². The highest BCUT2D eigenvalue weighted by Gasteiger charge is 2.30. The Morgan fingerprint density at radius 3 is 2.81 bits per heavy atom. The highest BCUT2D eigenvalue weighted by molar-refractivity contribution is 5.94. The van der Waals surface area contributed by atoms with Gasteiger partial charge in [0.2, 0.25) is 5.91 Å². The number of ether oxygens (including phenoxy) is 1. The topological polar surface area (TPSA) is 58.6 Å². The Balaban J connectivity index is 1.95. The van der Waals surface area contributed by atoms with E-state index in [9.17, 15) is 9.90 Å². The number of nitrogens with one attached hydrogen (secondary N) is 1. The molecule has 0 spiro atoms. The molecule has 4 heteroatoms. The van der Waals surface area contributed by atoms with E-state index in [1.54, 1.807) is 13.2 Å². The number of carbonyl (C=O) groups excluding carboxylic acids is 1. The molecule has 1 amide bonds. The molecule has 4 nitrogen and oxygen atoms in total. The lowest BCUT2D eigenvalue weighted by Crippen LogP contribution is -2.40. The third-order valence-electron chi connectivity index (χ3n) is 4.00. The molecule has 1 aromatic carbocycles. The van der Waals surface area contributed by atoms with Gasteiger partial charge in [0.05, 0.1) is 12.7 Å². The van der Waals surface area contributed by atoms with E-state index in [0.29, 0.717) is 6.54 Å². The number of aliphatic hydroxyl groups is 1. The van der Waals surface area contributed by atoms with Crippen LogP contribution in [0.5, 0.6) is 5.75 Å². The number of amides is 1. The quantitative estimate of drug-likeness (QED) is 0.819. The van der Waals surface area contributed by atoms with Gasteiger partial charge >= 0.3 is 0 Å². The van der Waals surface area contributed by atoms with Gasteiger partial charge in [0.15, 0.2) is 0 Å². The maximum Gasteiger partial charge on any atom is 0.244 e.